The molecule has 0 spiro atoms. The summed E-state index contributed by atoms with van der Waals surface area (Å²) in [5, 5.41) is 3.56. The van der Waals surface area contributed by atoms with Gasteiger partial charge in [-0.05, 0) is 18.4 Å². The number of hydrogen-bond donors (Lipinski definition) is 0. The van der Waals surface area contributed by atoms with Crippen molar-refractivity contribution in [1.82, 2.24) is 9.80 Å². The molecule has 78 valence electrons. The molecule has 5 nitrogen and oxygen atoms in total. The van der Waals surface area contributed by atoms with E-state index in [2.05, 4.69) is 19.8 Å². The third kappa shape index (κ3) is 2.61. The minimum Gasteiger partial charge on any atom is -0.301 e. The van der Waals surface area contributed by atoms with Gasteiger partial charge in [0.25, 0.3) is 0 Å². The van der Waals surface area contributed by atoms with Crippen molar-refractivity contribution < 1.29 is 0 Å². The number of nitrogens with zero attached hydrogens (tertiary/aromatic N) is 5. The second kappa shape index (κ2) is 4.64. The van der Waals surface area contributed by atoms with E-state index in [1.54, 1.807) is 0 Å². The van der Waals surface area contributed by atoms with Crippen LogP contribution in [0, 0.1) is 0 Å². The van der Waals surface area contributed by atoms with Crippen LogP contribution in [0.25, 0.3) is 10.4 Å². The van der Waals surface area contributed by atoms with E-state index < -0.39 is 0 Å². The number of piperazine rings is 1. The third-order valence-corrected chi connectivity index (χ3v) is 3.05. The Balaban J connectivity index is 1.64. The van der Waals surface area contributed by atoms with Gasteiger partial charge in [0.1, 0.15) is 0 Å². The first kappa shape index (κ1) is 9.77. The van der Waals surface area contributed by atoms with Crippen molar-refractivity contribution in [3.05, 3.63) is 10.4 Å². The highest BCUT2D eigenvalue weighted by molar-refractivity contribution is 4.87. The largest absolute Gasteiger partial charge is 0.301 e. The molecule has 1 saturated heterocycles. The zero-order valence-corrected chi connectivity index (χ0v) is 8.47. The molecule has 2 aliphatic rings. The smallest absolute Gasteiger partial charge is 0.0385 e. The van der Waals surface area contributed by atoms with Crippen LogP contribution in [0.15, 0.2) is 5.11 Å². The Morgan fingerprint density at radius 2 is 1.93 bits per heavy atom. The van der Waals surface area contributed by atoms with Crippen molar-refractivity contribution in [2.24, 2.45) is 5.11 Å². The summed E-state index contributed by atoms with van der Waals surface area (Å²) >= 11 is 0. The molecule has 0 atom stereocenters. The van der Waals surface area contributed by atoms with Crippen LogP contribution < -0.4 is 0 Å². The predicted octanol–water partition coefficient (Wildman–Crippen LogP) is 1.08. The van der Waals surface area contributed by atoms with Crippen molar-refractivity contribution in [1.29, 1.82) is 0 Å². The maximum absolute atomic E-state index is 8.15. The van der Waals surface area contributed by atoms with E-state index in [9.17, 15) is 0 Å². The molecule has 0 unspecified atom stereocenters. The minimum atomic E-state index is 0.611. The van der Waals surface area contributed by atoms with Crippen LogP contribution in [-0.4, -0.2) is 55.1 Å². The summed E-state index contributed by atoms with van der Waals surface area (Å²) in [5.41, 5.74) is 8.15. The van der Waals surface area contributed by atoms with E-state index in [1.807, 2.05) is 0 Å². The Kier molecular flexibility index (Phi) is 3.24. The first-order chi connectivity index (χ1) is 6.90. The fourth-order valence-corrected chi connectivity index (χ4v) is 2.02. The van der Waals surface area contributed by atoms with E-state index in [1.165, 1.54) is 25.9 Å². The fourth-order valence-electron chi connectivity index (χ4n) is 2.02. The van der Waals surface area contributed by atoms with E-state index in [4.69, 9.17) is 5.53 Å². The molecular formula is C9H17N5. The maximum atomic E-state index is 8.15. The first-order valence-corrected chi connectivity index (χ1v) is 5.37. The van der Waals surface area contributed by atoms with E-state index in [0.717, 1.165) is 25.7 Å². The fraction of sp³-hybridized carbons (Fsp3) is 1.00. The van der Waals surface area contributed by atoms with Crippen molar-refractivity contribution >= 4 is 0 Å². The van der Waals surface area contributed by atoms with Crippen LogP contribution in [0.4, 0.5) is 0 Å². The van der Waals surface area contributed by atoms with Gasteiger partial charge in [-0.1, -0.05) is 5.11 Å². The van der Waals surface area contributed by atoms with Gasteiger partial charge in [-0.3, -0.25) is 4.90 Å². The molecule has 0 bridgehead atoms. The van der Waals surface area contributed by atoms with Crippen molar-refractivity contribution in [2.75, 3.05) is 39.3 Å². The van der Waals surface area contributed by atoms with Gasteiger partial charge in [0.2, 0.25) is 0 Å². The van der Waals surface area contributed by atoms with Crippen LogP contribution >= 0.6 is 0 Å². The molecule has 1 aliphatic carbocycles. The Morgan fingerprint density at radius 1 is 1.21 bits per heavy atom. The normalized spacial score (nSPS) is 24.6. The highest BCUT2D eigenvalue weighted by Crippen LogP contribution is 2.27. The third-order valence-electron chi connectivity index (χ3n) is 3.05. The van der Waals surface area contributed by atoms with Gasteiger partial charge < -0.3 is 4.90 Å². The Bertz CT molecular complexity index is 223. The van der Waals surface area contributed by atoms with Crippen molar-refractivity contribution in [3.8, 4) is 0 Å². The van der Waals surface area contributed by atoms with Gasteiger partial charge >= 0.3 is 0 Å². The Morgan fingerprint density at radius 3 is 2.50 bits per heavy atom. The lowest BCUT2D eigenvalue weighted by molar-refractivity contribution is 0.129. The Labute approximate surface area is 84.3 Å². The molecule has 0 aromatic carbocycles. The quantitative estimate of drug-likeness (QED) is 0.383. The molecule has 14 heavy (non-hydrogen) atoms. The second-order valence-electron chi connectivity index (χ2n) is 4.06. The number of rotatable bonds is 4. The average Bonchev–Trinajstić information content (AvgIpc) is 3.03. The van der Waals surface area contributed by atoms with Gasteiger partial charge in [0.15, 0.2) is 0 Å². The molecule has 0 radical (unpaired) electrons. The van der Waals surface area contributed by atoms with Crippen LogP contribution in [0.3, 0.4) is 0 Å². The standard InChI is InChI=1S/C9H17N5/c10-12-11-3-4-13-5-7-14(8-6-13)9-1-2-9/h9H,1-8H2. The molecule has 5 heteroatoms. The molecule has 0 amide bonds. The SMILES string of the molecule is [N-]=[N+]=NCCN1CCN(C2CC2)CC1. The van der Waals surface area contributed by atoms with Gasteiger partial charge in [-0.15, -0.1) is 0 Å². The molecule has 0 N–H and O–H groups in total. The zero-order chi connectivity index (χ0) is 9.80. The molecule has 1 saturated carbocycles. The molecule has 0 aromatic rings. The summed E-state index contributed by atoms with van der Waals surface area (Å²) in [4.78, 5) is 7.73. The summed E-state index contributed by atoms with van der Waals surface area (Å²) in [6, 6.07) is 0.897. The summed E-state index contributed by atoms with van der Waals surface area (Å²) in [5.74, 6) is 0. The topological polar surface area (TPSA) is 55.2 Å². The molecule has 2 rings (SSSR count). The van der Waals surface area contributed by atoms with Crippen LogP contribution in [0.5, 0.6) is 0 Å². The maximum Gasteiger partial charge on any atom is 0.0385 e. The predicted molar refractivity (Wildman–Crippen MR) is 55.0 cm³/mol. The lowest BCUT2D eigenvalue weighted by Crippen LogP contribution is -2.47. The summed E-state index contributed by atoms with van der Waals surface area (Å²) < 4.78 is 0. The zero-order valence-electron chi connectivity index (χ0n) is 8.47. The van der Waals surface area contributed by atoms with Crippen LogP contribution in [0.1, 0.15) is 12.8 Å². The summed E-state index contributed by atoms with van der Waals surface area (Å²) in [6.07, 6.45) is 2.80. The van der Waals surface area contributed by atoms with Crippen LogP contribution in [0.2, 0.25) is 0 Å². The van der Waals surface area contributed by atoms with Gasteiger partial charge in [-0.25, -0.2) is 0 Å². The highest BCUT2D eigenvalue weighted by Gasteiger charge is 2.30. The first-order valence-electron chi connectivity index (χ1n) is 5.37. The van der Waals surface area contributed by atoms with Gasteiger partial charge in [-0.2, -0.15) is 0 Å². The van der Waals surface area contributed by atoms with Crippen molar-refractivity contribution in [2.45, 2.75) is 18.9 Å². The molecule has 2 fully saturated rings. The molecule has 0 aromatic heterocycles. The lowest BCUT2D eigenvalue weighted by Gasteiger charge is -2.34. The highest BCUT2D eigenvalue weighted by atomic mass is 15.3. The second-order valence-corrected chi connectivity index (χ2v) is 4.06. The Hall–Kier alpha value is -0.770. The van der Waals surface area contributed by atoms with E-state index >= 15 is 0 Å². The van der Waals surface area contributed by atoms with Gasteiger partial charge in [0, 0.05) is 50.2 Å². The molecule has 1 heterocycles. The molecular weight excluding hydrogens is 178 g/mol. The van der Waals surface area contributed by atoms with Crippen molar-refractivity contribution in [3.63, 3.8) is 0 Å². The van der Waals surface area contributed by atoms with E-state index in [-0.39, 0.29) is 0 Å². The van der Waals surface area contributed by atoms with E-state index in [0.29, 0.717) is 6.54 Å². The lowest BCUT2D eigenvalue weighted by atomic mass is 10.3. The number of hydrogen-bond acceptors (Lipinski definition) is 3. The van der Waals surface area contributed by atoms with Gasteiger partial charge in [0.05, 0.1) is 0 Å². The summed E-state index contributed by atoms with van der Waals surface area (Å²) in [6.45, 7) is 6.19. The summed E-state index contributed by atoms with van der Waals surface area (Å²) in [7, 11) is 0. The average molecular weight is 195 g/mol. The molecule has 1 aliphatic heterocycles. The van der Waals surface area contributed by atoms with Crippen LogP contribution in [-0.2, 0) is 0 Å². The monoisotopic (exact) mass is 195 g/mol. The number of azide groups is 1. The minimum absolute atomic E-state index is 0.611.